The van der Waals surface area contributed by atoms with Crippen LogP contribution < -0.4 is 4.90 Å². The van der Waals surface area contributed by atoms with Gasteiger partial charge in [-0.05, 0) is 18.6 Å². The van der Waals surface area contributed by atoms with Crippen molar-refractivity contribution in [3.8, 4) is 0 Å². The van der Waals surface area contributed by atoms with Crippen molar-refractivity contribution in [2.45, 2.75) is 12.5 Å². The Morgan fingerprint density at radius 3 is 2.50 bits per heavy atom. The maximum Gasteiger partial charge on any atom is 0.236 e. The minimum atomic E-state index is -3.01. The molecule has 1 aromatic carbocycles. The number of hydrogen-bond donors (Lipinski definition) is 1. The summed E-state index contributed by atoms with van der Waals surface area (Å²) in [6, 6.07) is 8.88. The molecular weight excluding hydrogens is 270 g/mol. The summed E-state index contributed by atoms with van der Waals surface area (Å²) in [5.74, 6) is 0.111. The number of rotatable bonds is 3. The Morgan fingerprint density at radius 1 is 1.33 bits per heavy atom. The van der Waals surface area contributed by atoms with Crippen LogP contribution in [0.2, 0.25) is 0 Å². The molecule has 0 N–H and O–H groups in total. The first kappa shape index (κ1) is 13.4. The molecule has 1 aliphatic rings. The fourth-order valence-corrected chi connectivity index (χ4v) is 4.05. The Morgan fingerprint density at radius 2 is 2.00 bits per heavy atom. The van der Waals surface area contributed by atoms with Crippen LogP contribution in [0.3, 0.4) is 0 Å². The van der Waals surface area contributed by atoms with E-state index in [0.717, 1.165) is 5.69 Å². The number of para-hydroxylation sites is 1. The van der Waals surface area contributed by atoms with E-state index < -0.39 is 9.84 Å². The first-order valence-electron chi connectivity index (χ1n) is 5.72. The van der Waals surface area contributed by atoms with Gasteiger partial charge in [0, 0.05) is 5.69 Å². The van der Waals surface area contributed by atoms with E-state index in [-0.39, 0.29) is 29.2 Å². The number of anilines is 1. The summed E-state index contributed by atoms with van der Waals surface area (Å²) in [5.41, 5.74) is 0.735. The maximum absolute atomic E-state index is 12.0. The van der Waals surface area contributed by atoms with E-state index in [4.69, 9.17) is 0 Å². The van der Waals surface area contributed by atoms with Gasteiger partial charge in [-0.15, -0.1) is 0 Å². The highest BCUT2D eigenvalue weighted by atomic mass is 32.2. The van der Waals surface area contributed by atoms with Crippen molar-refractivity contribution < 1.29 is 13.2 Å². The van der Waals surface area contributed by atoms with Crippen molar-refractivity contribution in [2.24, 2.45) is 0 Å². The van der Waals surface area contributed by atoms with Gasteiger partial charge in [0.25, 0.3) is 0 Å². The van der Waals surface area contributed by atoms with E-state index in [2.05, 4.69) is 12.6 Å². The molecule has 1 saturated heterocycles. The first-order chi connectivity index (χ1) is 8.53. The van der Waals surface area contributed by atoms with Gasteiger partial charge >= 0.3 is 0 Å². The predicted molar refractivity (Wildman–Crippen MR) is 74.8 cm³/mol. The number of amides is 1. The topological polar surface area (TPSA) is 54.5 Å². The molecule has 0 bridgehead atoms. The molecule has 0 unspecified atom stereocenters. The van der Waals surface area contributed by atoms with E-state index in [0.29, 0.717) is 6.42 Å². The second-order valence-electron chi connectivity index (χ2n) is 4.31. The number of benzene rings is 1. The maximum atomic E-state index is 12.0. The lowest BCUT2D eigenvalue weighted by Crippen LogP contribution is -2.42. The number of nitrogens with zero attached hydrogens (tertiary/aromatic N) is 1. The third-order valence-corrected chi connectivity index (χ3v) is 5.03. The third kappa shape index (κ3) is 2.87. The van der Waals surface area contributed by atoms with Gasteiger partial charge < -0.3 is 4.90 Å². The van der Waals surface area contributed by atoms with Gasteiger partial charge in [0.1, 0.15) is 0 Å². The molecule has 0 saturated carbocycles. The van der Waals surface area contributed by atoms with Crippen LogP contribution in [0, 0.1) is 0 Å². The minimum absolute atomic E-state index is 0.0431. The van der Waals surface area contributed by atoms with Crippen LogP contribution in [0.1, 0.15) is 6.42 Å². The van der Waals surface area contributed by atoms with E-state index >= 15 is 0 Å². The number of hydrogen-bond acceptors (Lipinski definition) is 4. The molecule has 0 radical (unpaired) electrons. The fraction of sp³-hybridized carbons (Fsp3) is 0.417. The summed E-state index contributed by atoms with van der Waals surface area (Å²) in [6.45, 7) is 0. The zero-order valence-electron chi connectivity index (χ0n) is 9.82. The Bertz CT molecular complexity index is 528. The summed E-state index contributed by atoms with van der Waals surface area (Å²) < 4.78 is 23.1. The normalized spacial score (nSPS) is 21.7. The van der Waals surface area contributed by atoms with E-state index in [1.807, 2.05) is 30.3 Å². The molecular formula is C12H15NO3S2. The molecule has 98 valence electrons. The highest BCUT2D eigenvalue weighted by Crippen LogP contribution is 2.24. The minimum Gasteiger partial charge on any atom is -0.308 e. The molecule has 1 aliphatic heterocycles. The molecule has 1 atom stereocenters. The number of carbonyl (C=O) groups excluding carboxylic acids is 1. The van der Waals surface area contributed by atoms with Crippen LogP contribution in [0.4, 0.5) is 5.69 Å². The zero-order valence-corrected chi connectivity index (χ0v) is 11.5. The lowest BCUT2D eigenvalue weighted by molar-refractivity contribution is -0.116. The molecule has 2 rings (SSSR count). The number of thiol groups is 1. The van der Waals surface area contributed by atoms with Crippen LogP contribution in [-0.2, 0) is 14.6 Å². The smallest absolute Gasteiger partial charge is 0.236 e. The SMILES string of the molecule is O=C(CS)N(c1ccccc1)[C@H]1CCS(=O)(=O)C1. The molecule has 0 aliphatic carbocycles. The number of carbonyl (C=O) groups is 1. The van der Waals surface area contributed by atoms with E-state index in [1.54, 1.807) is 4.90 Å². The van der Waals surface area contributed by atoms with Crippen LogP contribution in [0.5, 0.6) is 0 Å². The third-order valence-electron chi connectivity index (χ3n) is 3.01. The van der Waals surface area contributed by atoms with Crippen LogP contribution >= 0.6 is 12.6 Å². The molecule has 18 heavy (non-hydrogen) atoms. The monoisotopic (exact) mass is 285 g/mol. The van der Waals surface area contributed by atoms with E-state index in [9.17, 15) is 13.2 Å². The summed E-state index contributed by atoms with van der Waals surface area (Å²) in [6.07, 6.45) is 0.497. The fourth-order valence-electron chi connectivity index (χ4n) is 2.20. The molecule has 4 nitrogen and oxygen atoms in total. The predicted octanol–water partition coefficient (Wildman–Crippen LogP) is 1.14. The van der Waals surface area contributed by atoms with Crippen LogP contribution in [0.25, 0.3) is 0 Å². The van der Waals surface area contributed by atoms with Gasteiger partial charge in [-0.1, -0.05) is 18.2 Å². The average molecular weight is 285 g/mol. The van der Waals surface area contributed by atoms with Crippen molar-refractivity contribution in [3.63, 3.8) is 0 Å². The molecule has 6 heteroatoms. The summed E-state index contributed by atoms with van der Waals surface area (Å²) >= 11 is 4.00. The van der Waals surface area contributed by atoms with Crippen molar-refractivity contribution in [1.29, 1.82) is 0 Å². The zero-order chi connectivity index (χ0) is 13.2. The second kappa shape index (κ2) is 5.32. The van der Waals surface area contributed by atoms with E-state index in [1.165, 1.54) is 0 Å². The van der Waals surface area contributed by atoms with Crippen molar-refractivity contribution in [2.75, 3.05) is 22.2 Å². The highest BCUT2D eigenvalue weighted by Gasteiger charge is 2.34. The summed E-state index contributed by atoms with van der Waals surface area (Å²) in [7, 11) is -3.01. The van der Waals surface area contributed by atoms with Gasteiger partial charge in [0.15, 0.2) is 9.84 Å². The standard InChI is InChI=1S/C12H15NO3S2/c14-12(8-17)13(10-4-2-1-3-5-10)11-6-7-18(15,16)9-11/h1-5,11,17H,6-9H2/t11-/m0/s1. The van der Waals surface area contributed by atoms with Crippen LogP contribution in [-0.4, -0.2) is 37.6 Å². The van der Waals surface area contributed by atoms with Gasteiger partial charge in [-0.3, -0.25) is 4.79 Å². The van der Waals surface area contributed by atoms with Crippen molar-refractivity contribution >= 4 is 34.1 Å². The largest absolute Gasteiger partial charge is 0.308 e. The molecule has 1 amide bonds. The Balaban J connectivity index is 2.30. The molecule has 1 fully saturated rings. The average Bonchev–Trinajstić information content (AvgIpc) is 2.71. The quantitative estimate of drug-likeness (QED) is 0.847. The number of sulfone groups is 1. The first-order valence-corrected chi connectivity index (χ1v) is 8.17. The van der Waals surface area contributed by atoms with Crippen molar-refractivity contribution in [3.05, 3.63) is 30.3 Å². The van der Waals surface area contributed by atoms with Gasteiger partial charge in [-0.25, -0.2) is 8.42 Å². The lowest BCUT2D eigenvalue weighted by Gasteiger charge is -2.27. The van der Waals surface area contributed by atoms with Crippen LogP contribution in [0.15, 0.2) is 30.3 Å². The second-order valence-corrected chi connectivity index (χ2v) is 6.86. The molecule has 1 aromatic rings. The highest BCUT2D eigenvalue weighted by molar-refractivity contribution is 7.91. The lowest BCUT2D eigenvalue weighted by atomic mass is 10.2. The Hall–Kier alpha value is -1.01. The van der Waals surface area contributed by atoms with Gasteiger partial charge in [0.05, 0.1) is 23.3 Å². The van der Waals surface area contributed by atoms with Crippen molar-refractivity contribution in [1.82, 2.24) is 0 Å². The van der Waals surface area contributed by atoms with Gasteiger partial charge in [-0.2, -0.15) is 12.6 Å². The molecule has 1 heterocycles. The summed E-state index contributed by atoms with van der Waals surface area (Å²) in [4.78, 5) is 13.5. The Labute approximate surface area is 112 Å². The molecule has 0 aromatic heterocycles. The molecule has 0 spiro atoms. The summed E-state index contributed by atoms with van der Waals surface area (Å²) in [5, 5.41) is 0. The van der Waals surface area contributed by atoms with Gasteiger partial charge in [0.2, 0.25) is 5.91 Å². The Kier molecular flexibility index (Phi) is 3.97.